The molecule has 0 spiro atoms. The molecular weight excluding hydrogens is 194 g/mol. The highest BCUT2D eigenvalue weighted by molar-refractivity contribution is 5.94. The first-order valence-electron chi connectivity index (χ1n) is 5.42. The molecule has 2 rings (SSSR count). The number of rotatable bonds is 2. The van der Waals surface area contributed by atoms with E-state index in [0.717, 1.165) is 17.0 Å². The lowest BCUT2D eigenvalue weighted by atomic mass is 10.0. The second-order valence-corrected chi connectivity index (χ2v) is 3.75. The van der Waals surface area contributed by atoms with Crippen molar-refractivity contribution in [1.29, 1.82) is 0 Å². The molecule has 0 fully saturated rings. The molecule has 1 heteroatoms. The lowest BCUT2D eigenvalue weighted by molar-refractivity contribution is 1.21. The van der Waals surface area contributed by atoms with Gasteiger partial charge in [-0.1, -0.05) is 43.0 Å². The van der Waals surface area contributed by atoms with Crippen LogP contribution in [0.3, 0.4) is 0 Å². The molecule has 0 aliphatic carbocycles. The fraction of sp³-hybridized carbons (Fsp3) is 0.133. The van der Waals surface area contributed by atoms with E-state index < -0.39 is 0 Å². The molecule has 0 atom stereocenters. The summed E-state index contributed by atoms with van der Waals surface area (Å²) < 4.78 is 0. The van der Waals surface area contributed by atoms with Crippen LogP contribution in [0.2, 0.25) is 0 Å². The van der Waals surface area contributed by atoms with E-state index in [1.54, 1.807) is 0 Å². The molecule has 2 aromatic rings. The van der Waals surface area contributed by atoms with Gasteiger partial charge in [0.25, 0.3) is 0 Å². The van der Waals surface area contributed by atoms with Crippen molar-refractivity contribution < 1.29 is 0 Å². The van der Waals surface area contributed by atoms with E-state index in [1.807, 2.05) is 44.2 Å². The molecule has 0 saturated carbocycles. The number of hydrogen-bond donors (Lipinski definition) is 0. The van der Waals surface area contributed by atoms with Crippen molar-refractivity contribution in [3.63, 3.8) is 0 Å². The Morgan fingerprint density at radius 1 is 1.19 bits per heavy atom. The lowest BCUT2D eigenvalue weighted by Gasteiger charge is -2.08. The van der Waals surface area contributed by atoms with Crippen LogP contribution in [0.25, 0.3) is 22.9 Å². The highest BCUT2D eigenvalue weighted by Crippen LogP contribution is 2.25. The third kappa shape index (κ3) is 1.65. The fourth-order valence-corrected chi connectivity index (χ4v) is 1.97. The third-order valence-corrected chi connectivity index (χ3v) is 2.70. The van der Waals surface area contributed by atoms with Gasteiger partial charge in [0.1, 0.15) is 0 Å². The standard InChI is InChI=1S/C15H15N/c1-4-8-15-12(5-2)14-10-7-6-9-13(14)11(3)16-15/h4-10H,2H2,1,3H3/b8-4-. The molecule has 0 N–H and O–H groups in total. The average molecular weight is 209 g/mol. The molecule has 1 aromatic heterocycles. The van der Waals surface area contributed by atoms with Crippen molar-refractivity contribution in [3.05, 3.63) is 53.9 Å². The van der Waals surface area contributed by atoms with E-state index in [1.165, 1.54) is 10.8 Å². The summed E-state index contributed by atoms with van der Waals surface area (Å²) in [4.78, 5) is 4.60. The van der Waals surface area contributed by atoms with E-state index >= 15 is 0 Å². The van der Waals surface area contributed by atoms with Crippen LogP contribution in [0.4, 0.5) is 0 Å². The number of fused-ring (bicyclic) bond motifs is 1. The first-order chi connectivity index (χ1) is 7.77. The van der Waals surface area contributed by atoms with Crippen LogP contribution in [0.5, 0.6) is 0 Å². The van der Waals surface area contributed by atoms with Gasteiger partial charge >= 0.3 is 0 Å². The van der Waals surface area contributed by atoms with Crippen LogP contribution in [0, 0.1) is 6.92 Å². The Kier molecular flexibility index (Phi) is 2.86. The predicted molar refractivity (Wildman–Crippen MR) is 71.3 cm³/mol. The average Bonchev–Trinajstić information content (AvgIpc) is 2.30. The Bertz CT molecular complexity index is 565. The van der Waals surface area contributed by atoms with Gasteiger partial charge in [0.05, 0.1) is 5.69 Å². The van der Waals surface area contributed by atoms with Gasteiger partial charge in [-0.3, -0.25) is 4.98 Å². The van der Waals surface area contributed by atoms with Crippen LogP contribution < -0.4 is 0 Å². The molecule has 0 aliphatic heterocycles. The Labute approximate surface area is 96.1 Å². The molecule has 1 nitrogen and oxygen atoms in total. The van der Waals surface area contributed by atoms with Gasteiger partial charge in [0, 0.05) is 16.6 Å². The second kappa shape index (κ2) is 4.31. The van der Waals surface area contributed by atoms with E-state index in [4.69, 9.17) is 0 Å². The quantitative estimate of drug-likeness (QED) is 0.721. The van der Waals surface area contributed by atoms with Gasteiger partial charge < -0.3 is 0 Å². The Balaban J connectivity index is 2.89. The summed E-state index contributed by atoms with van der Waals surface area (Å²) in [7, 11) is 0. The van der Waals surface area contributed by atoms with Crippen LogP contribution in [-0.4, -0.2) is 4.98 Å². The fourth-order valence-electron chi connectivity index (χ4n) is 1.97. The Hall–Kier alpha value is -1.89. The molecule has 0 amide bonds. The van der Waals surface area contributed by atoms with Gasteiger partial charge in [-0.25, -0.2) is 0 Å². The number of hydrogen-bond acceptors (Lipinski definition) is 1. The smallest absolute Gasteiger partial charge is 0.0708 e. The first kappa shape index (κ1) is 10.6. The summed E-state index contributed by atoms with van der Waals surface area (Å²) in [6, 6.07) is 8.31. The maximum atomic E-state index is 4.60. The maximum absolute atomic E-state index is 4.60. The monoisotopic (exact) mass is 209 g/mol. The molecular formula is C15H15N. The summed E-state index contributed by atoms with van der Waals surface area (Å²) in [6.45, 7) is 7.92. The predicted octanol–water partition coefficient (Wildman–Crippen LogP) is 4.22. The topological polar surface area (TPSA) is 12.9 Å². The minimum Gasteiger partial charge on any atom is -0.252 e. The van der Waals surface area contributed by atoms with Gasteiger partial charge in [0.15, 0.2) is 0 Å². The molecule has 0 aliphatic rings. The molecule has 1 aromatic carbocycles. The summed E-state index contributed by atoms with van der Waals surface area (Å²) in [6.07, 6.45) is 5.91. The van der Waals surface area contributed by atoms with Crippen molar-refractivity contribution in [3.8, 4) is 0 Å². The Morgan fingerprint density at radius 2 is 1.88 bits per heavy atom. The number of aromatic nitrogens is 1. The van der Waals surface area contributed by atoms with Gasteiger partial charge in [0.2, 0.25) is 0 Å². The first-order valence-corrected chi connectivity index (χ1v) is 5.42. The molecule has 0 bridgehead atoms. The maximum Gasteiger partial charge on any atom is 0.0708 e. The van der Waals surface area contributed by atoms with Crippen LogP contribution >= 0.6 is 0 Å². The van der Waals surface area contributed by atoms with Crippen molar-refractivity contribution in [2.24, 2.45) is 0 Å². The largest absolute Gasteiger partial charge is 0.252 e. The van der Waals surface area contributed by atoms with Crippen LogP contribution in [0.1, 0.15) is 23.9 Å². The van der Waals surface area contributed by atoms with E-state index in [0.29, 0.717) is 0 Å². The summed E-state index contributed by atoms with van der Waals surface area (Å²) in [5, 5.41) is 2.42. The SMILES string of the molecule is C=Cc1c(/C=C\C)nc(C)c2ccccc12. The highest BCUT2D eigenvalue weighted by Gasteiger charge is 2.06. The van der Waals surface area contributed by atoms with Crippen LogP contribution in [0.15, 0.2) is 36.9 Å². The van der Waals surface area contributed by atoms with E-state index in [-0.39, 0.29) is 0 Å². The zero-order valence-electron chi connectivity index (χ0n) is 9.70. The minimum atomic E-state index is 0.994. The normalized spacial score (nSPS) is 11.1. The zero-order valence-corrected chi connectivity index (χ0v) is 9.70. The zero-order chi connectivity index (χ0) is 11.5. The highest BCUT2D eigenvalue weighted by atomic mass is 14.7. The van der Waals surface area contributed by atoms with Crippen molar-refractivity contribution in [1.82, 2.24) is 4.98 Å². The number of nitrogens with zero attached hydrogens (tertiary/aromatic N) is 1. The lowest BCUT2D eigenvalue weighted by Crippen LogP contribution is -1.93. The van der Waals surface area contributed by atoms with E-state index in [2.05, 4.69) is 23.7 Å². The molecule has 16 heavy (non-hydrogen) atoms. The van der Waals surface area contributed by atoms with Crippen molar-refractivity contribution in [2.45, 2.75) is 13.8 Å². The van der Waals surface area contributed by atoms with Crippen molar-refractivity contribution >= 4 is 22.9 Å². The van der Waals surface area contributed by atoms with E-state index in [9.17, 15) is 0 Å². The Morgan fingerprint density at radius 3 is 2.50 bits per heavy atom. The molecule has 80 valence electrons. The summed E-state index contributed by atoms with van der Waals surface area (Å²) >= 11 is 0. The number of benzene rings is 1. The molecule has 0 radical (unpaired) electrons. The summed E-state index contributed by atoms with van der Waals surface area (Å²) in [5.41, 5.74) is 3.17. The molecule has 0 saturated heterocycles. The van der Waals surface area contributed by atoms with Gasteiger partial charge in [-0.2, -0.15) is 0 Å². The second-order valence-electron chi connectivity index (χ2n) is 3.75. The number of allylic oxidation sites excluding steroid dienone is 1. The van der Waals surface area contributed by atoms with Gasteiger partial charge in [-0.15, -0.1) is 0 Å². The van der Waals surface area contributed by atoms with Crippen LogP contribution in [-0.2, 0) is 0 Å². The van der Waals surface area contributed by atoms with Crippen molar-refractivity contribution in [2.75, 3.05) is 0 Å². The third-order valence-electron chi connectivity index (χ3n) is 2.70. The molecule has 0 unspecified atom stereocenters. The molecule has 1 heterocycles. The van der Waals surface area contributed by atoms with Gasteiger partial charge in [-0.05, 0) is 25.3 Å². The number of pyridine rings is 1. The minimum absolute atomic E-state index is 0.994. The summed E-state index contributed by atoms with van der Waals surface area (Å²) in [5.74, 6) is 0. The number of aryl methyl sites for hydroxylation is 1.